The van der Waals surface area contributed by atoms with Crippen LogP contribution in [-0.4, -0.2) is 28.0 Å². The fourth-order valence-electron chi connectivity index (χ4n) is 3.05. The first-order chi connectivity index (χ1) is 13.8. The molecule has 1 amide bonds. The molecule has 0 saturated carbocycles. The third-order valence-electron chi connectivity index (χ3n) is 4.52. The minimum Gasteiger partial charge on any atom is -0.451 e. The molecule has 0 fully saturated rings. The lowest BCUT2D eigenvalue weighted by Crippen LogP contribution is -2.22. The molecular formula is C21H20N4O3S. The van der Waals surface area contributed by atoms with Crippen LogP contribution in [-0.2, 0) is 9.53 Å². The number of carbonyl (C=O) groups excluding carboxylic acids is 2. The smallest absolute Gasteiger partial charge is 0.350 e. The number of rotatable bonds is 5. The number of nitrogens with one attached hydrogen (secondary N) is 1. The average molecular weight is 408 g/mol. The number of nitriles is 1. The molecule has 0 unspecified atom stereocenters. The number of aromatic nitrogens is 2. The molecule has 0 radical (unpaired) electrons. The molecule has 0 saturated heterocycles. The summed E-state index contributed by atoms with van der Waals surface area (Å²) in [6.07, 6.45) is 0. The summed E-state index contributed by atoms with van der Waals surface area (Å²) < 4.78 is 6.95. The van der Waals surface area contributed by atoms with Gasteiger partial charge in [0, 0.05) is 11.4 Å². The number of benzene rings is 1. The van der Waals surface area contributed by atoms with Crippen molar-refractivity contribution in [2.24, 2.45) is 0 Å². The van der Waals surface area contributed by atoms with Gasteiger partial charge in [-0.05, 0) is 45.4 Å². The summed E-state index contributed by atoms with van der Waals surface area (Å²) in [6.45, 7) is 6.77. The van der Waals surface area contributed by atoms with E-state index in [-0.39, 0.29) is 0 Å². The zero-order valence-electron chi connectivity index (χ0n) is 16.6. The van der Waals surface area contributed by atoms with Gasteiger partial charge in [-0.2, -0.15) is 5.26 Å². The summed E-state index contributed by atoms with van der Waals surface area (Å²) in [4.78, 5) is 29.3. The van der Waals surface area contributed by atoms with Gasteiger partial charge in [0.25, 0.3) is 5.91 Å². The van der Waals surface area contributed by atoms with E-state index in [0.717, 1.165) is 22.0 Å². The van der Waals surface area contributed by atoms with Gasteiger partial charge in [-0.1, -0.05) is 18.2 Å². The molecule has 0 aliphatic rings. The van der Waals surface area contributed by atoms with Crippen molar-refractivity contribution in [3.05, 3.63) is 62.7 Å². The van der Waals surface area contributed by atoms with Crippen LogP contribution in [0.1, 0.15) is 37.2 Å². The van der Waals surface area contributed by atoms with Gasteiger partial charge in [-0.15, -0.1) is 11.3 Å². The molecule has 1 aromatic carbocycles. The molecule has 148 valence electrons. The van der Waals surface area contributed by atoms with Crippen LogP contribution in [0.25, 0.3) is 5.69 Å². The van der Waals surface area contributed by atoms with Crippen LogP contribution in [0.3, 0.4) is 0 Å². The van der Waals surface area contributed by atoms with Crippen LogP contribution in [0.2, 0.25) is 0 Å². The molecule has 29 heavy (non-hydrogen) atoms. The molecule has 3 rings (SSSR count). The minimum absolute atomic E-state index is 0.361. The van der Waals surface area contributed by atoms with E-state index in [1.165, 1.54) is 11.3 Å². The van der Waals surface area contributed by atoms with Crippen molar-refractivity contribution in [3.8, 4) is 11.8 Å². The summed E-state index contributed by atoms with van der Waals surface area (Å²) in [5.74, 6) is -0.752. The van der Waals surface area contributed by atoms with E-state index < -0.39 is 18.5 Å². The van der Waals surface area contributed by atoms with E-state index in [1.807, 2.05) is 48.7 Å². The van der Waals surface area contributed by atoms with E-state index in [0.29, 0.717) is 22.0 Å². The Hall–Kier alpha value is -3.44. The highest BCUT2D eigenvalue weighted by Crippen LogP contribution is 2.29. The number of hydrogen-bond donors (Lipinski definition) is 1. The number of esters is 1. The largest absolute Gasteiger partial charge is 0.451 e. The topological polar surface area (TPSA) is 97.0 Å². The predicted molar refractivity (Wildman–Crippen MR) is 110 cm³/mol. The van der Waals surface area contributed by atoms with Gasteiger partial charge in [-0.25, -0.2) is 9.78 Å². The Morgan fingerprint density at radius 1 is 1.21 bits per heavy atom. The third kappa shape index (κ3) is 4.05. The van der Waals surface area contributed by atoms with Crippen molar-refractivity contribution in [1.82, 2.24) is 9.55 Å². The van der Waals surface area contributed by atoms with Crippen molar-refractivity contribution in [1.29, 1.82) is 5.26 Å². The summed E-state index contributed by atoms with van der Waals surface area (Å²) in [6, 6.07) is 11.6. The summed E-state index contributed by atoms with van der Waals surface area (Å²) in [5, 5.41) is 13.1. The molecular weight excluding hydrogens is 388 g/mol. The van der Waals surface area contributed by atoms with E-state index in [4.69, 9.17) is 4.74 Å². The number of aryl methyl sites for hydroxylation is 2. The second kappa shape index (κ2) is 8.29. The first-order valence-electron chi connectivity index (χ1n) is 8.92. The average Bonchev–Trinajstić information content (AvgIpc) is 3.16. The monoisotopic (exact) mass is 408 g/mol. The van der Waals surface area contributed by atoms with Crippen LogP contribution >= 0.6 is 11.3 Å². The molecule has 8 heteroatoms. The van der Waals surface area contributed by atoms with Crippen LogP contribution in [0, 0.1) is 39.0 Å². The second-order valence-electron chi connectivity index (χ2n) is 6.49. The Balaban J connectivity index is 1.82. The molecule has 2 aromatic heterocycles. The van der Waals surface area contributed by atoms with Crippen molar-refractivity contribution in [3.63, 3.8) is 0 Å². The van der Waals surface area contributed by atoms with E-state index in [1.54, 1.807) is 13.8 Å². The zero-order valence-corrected chi connectivity index (χ0v) is 17.4. The highest BCUT2D eigenvalue weighted by molar-refractivity contribution is 7.13. The number of carbonyl (C=O) groups is 2. The van der Waals surface area contributed by atoms with Gasteiger partial charge in [-0.3, -0.25) is 9.36 Å². The maximum atomic E-state index is 12.5. The molecule has 3 aromatic rings. The Labute approximate surface area is 172 Å². The summed E-state index contributed by atoms with van der Waals surface area (Å²) in [7, 11) is 0. The molecule has 0 aliphatic heterocycles. The van der Waals surface area contributed by atoms with Crippen molar-refractivity contribution >= 4 is 29.0 Å². The van der Waals surface area contributed by atoms with Gasteiger partial charge in [0.05, 0.1) is 16.3 Å². The number of anilines is 1. The Bertz CT molecular complexity index is 1120. The van der Waals surface area contributed by atoms with Crippen LogP contribution in [0.5, 0.6) is 0 Å². The quantitative estimate of drug-likeness (QED) is 0.647. The third-order valence-corrected chi connectivity index (χ3v) is 5.57. The minimum atomic E-state index is -0.588. The van der Waals surface area contributed by atoms with Crippen LogP contribution in [0.4, 0.5) is 5.82 Å². The van der Waals surface area contributed by atoms with Crippen LogP contribution in [0.15, 0.2) is 30.3 Å². The first-order valence-corrected chi connectivity index (χ1v) is 9.73. The second-order valence-corrected chi connectivity index (χ2v) is 7.69. The fraction of sp³-hybridized carbons (Fsp3) is 0.238. The van der Waals surface area contributed by atoms with E-state index in [2.05, 4.69) is 16.4 Å². The molecule has 0 atom stereocenters. The standard InChI is InChI=1S/C21H20N4O3S/c1-12-14(3)25(16-8-6-5-7-9-16)20(17(12)10-22)24-18(26)11-28-21(27)19-13(2)23-15(4)29-19/h5-9H,11H2,1-4H3,(H,24,26). The first kappa shape index (κ1) is 20.3. The number of nitrogens with zero attached hydrogens (tertiary/aromatic N) is 3. The normalized spacial score (nSPS) is 10.4. The highest BCUT2D eigenvalue weighted by Gasteiger charge is 2.22. The Morgan fingerprint density at radius 2 is 1.90 bits per heavy atom. The molecule has 2 heterocycles. The van der Waals surface area contributed by atoms with Crippen LogP contribution < -0.4 is 5.32 Å². The molecule has 0 spiro atoms. The number of hydrogen-bond acceptors (Lipinski definition) is 6. The predicted octanol–water partition coefficient (Wildman–Crippen LogP) is 3.83. The molecule has 0 bridgehead atoms. The lowest BCUT2D eigenvalue weighted by molar-refractivity contribution is -0.119. The van der Waals surface area contributed by atoms with Gasteiger partial charge < -0.3 is 10.1 Å². The molecule has 0 aliphatic carbocycles. The van der Waals surface area contributed by atoms with Gasteiger partial charge in [0.2, 0.25) is 0 Å². The number of thiazole rings is 1. The van der Waals surface area contributed by atoms with Gasteiger partial charge in [0.1, 0.15) is 16.8 Å². The Kier molecular flexibility index (Phi) is 5.80. The number of amides is 1. The lowest BCUT2D eigenvalue weighted by Gasteiger charge is -2.13. The summed E-state index contributed by atoms with van der Waals surface area (Å²) >= 11 is 1.22. The molecule has 1 N–H and O–H groups in total. The Morgan fingerprint density at radius 3 is 2.48 bits per heavy atom. The highest BCUT2D eigenvalue weighted by atomic mass is 32.1. The maximum Gasteiger partial charge on any atom is 0.350 e. The van der Waals surface area contributed by atoms with E-state index >= 15 is 0 Å². The SMILES string of the molecule is Cc1nc(C)c(C(=O)OCC(=O)Nc2c(C#N)c(C)c(C)n2-c2ccccc2)s1. The number of para-hydroxylation sites is 1. The summed E-state index contributed by atoms with van der Waals surface area (Å²) in [5.41, 5.74) is 3.39. The van der Waals surface area contributed by atoms with Gasteiger partial charge in [0.15, 0.2) is 6.61 Å². The van der Waals surface area contributed by atoms with Gasteiger partial charge >= 0.3 is 5.97 Å². The fourth-order valence-corrected chi connectivity index (χ4v) is 3.86. The number of ether oxygens (including phenoxy) is 1. The van der Waals surface area contributed by atoms with Crippen molar-refractivity contribution in [2.75, 3.05) is 11.9 Å². The van der Waals surface area contributed by atoms with Crippen molar-refractivity contribution < 1.29 is 14.3 Å². The maximum absolute atomic E-state index is 12.5. The van der Waals surface area contributed by atoms with Crippen molar-refractivity contribution in [2.45, 2.75) is 27.7 Å². The lowest BCUT2D eigenvalue weighted by atomic mass is 10.2. The zero-order chi connectivity index (χ0) is 21.1. The molecule has 7 nitrogen and oxygen atoms in total. The van der Waals surface area contributed by atoms with E-state index in [9.17, 15) is 14.9 Å².